The molecule has 10 atom stereocenters. The van der Waals surface area contributed by atoms with Gasteiger partial charge in [0.05, 0.1) is 6.61 Å². The summed E-state index contributed by atoms with van der Waals surface area (Å²) in [6.45, 7) is 13.7. The van der Waals surface area contributed by atoms with Crippen molar-refractivity contribution in [1.29, 1.82) is 0 Å². The van der Waals surface area contributed by atoms with Crippen molar-refractivity contribution >= 4 is 111 Å². The van der Waals surface area contributed by atoms with E-state index in [0.29, 0.717) is 82.9 Å². The van der Waals surface area contributed by atoms with Crippen molar-refractivity contribution in [2.24, 2.45) is 11.7 Å². The van der Waals surface area contributed by atoms with Crippen molar-refractivity contribution in [2.45, 2.75) is 218 Å². The maximum Gasteiger partial charge on any atom is 0.245 e. The molecule has 1 aliphatic heterocycles. The Morgan fingerprint density at radius 3 is 1.43 bits per heavy atom. The van der Waals surface area contributed by atoms with Gasteiger partial charge in [0.1, 0.15) is 60.4 Å². The minimum Gasteiger partial charge on any atom is -0.394 e. The predicted molar refractivity (Wildman–Crippen MR) is 434 cm³/mol. The third-order valence-corrected chi connectivity index (χ3v) is 19.4. The fraction of sp³-hybridized carbons (Fsp3) is 0.452. The number of pyridine rings is 1. The van der Waals surface area contributed by atoms with Gasteiger partial charge in [-0.1, -0.05) is 138 Å². The molecule has 114 heavy (non-hydrogen) atoms. The van der Waals surface area contributed by atoms with Crippen LogP contribution < -0.4 is 69.5 Å². The number of hydrogen-bond acceptors (Lipinski definition) is 16. The number of benzene rings is 5. The molecule has 6 aromatic rings. The monoisotopic (exact) mass is 1590 g/mol. The largest absolute Gasteiger partial charge is 0.394 e. The number of fused-ring (bicyclic) bond motifs is 1. The highest BCUT2D eigenvalue weighted by Gasteiger charge is 2.41. The van der Waals surface area contributed by atoms with Gasteiger partial charge in [-0.2, -0.15) is 0 Å². The summed E-state index contributed by atoms with van der Waals surface area (Å²) in [5.41, 5.74) is 8.90. The normalized spacial score (nSPS) is 14.9. The standard InChI is InChI=1S/C84H110ClN15O14/c1-9-17-73(103)91-62-34-27-55(28-35-62)44-68(78(108)94-65(41-50(3)4)76(106)93-64(22-13-14-39-88-51(5)6)84(114)100-40-16-23-72(100)83(113)89-52(7)75(86)105)96-80(110)69(45-56-29-36-63(37-30-56)92-74(104)18-10-2)98-82(112)71(49-101)99-81(111)70(47-58-19-15-38-87-48-58)97-79(109)67(43-54-25-32-61(85)33-26-54)95-77(107)66(90-53(8)102)46-57-24-31-59-20-11-12-21-60(59)42-57/h11-12,15,19-21,24-38,42,48,50-52,64-72,88,101H,9-10,13-14,16-18,22-23,39-41,43-47,49H2,1-8H3,(H2,86,105)(H,89,113)(H,90,102)(H,91,103)(H,92,104)(H,93,106)(H,94,108)(H,95,107)(H,96,110)(H,97,109)(H,98,112)(H,99,111)/t52-,64+,65+,66-,67-,68-,69+,70-,71+,72+/m1/s1. The fourth-order valence-corrected chi connectivity index (χ4v) is 13.3. The van der Waals surface area contributed by atoms with E-state index in [0.717, 1.165) is 10.8 Å². The van der Waals surface area contributed by atoms with E-state index in [1.165, 1.54) is 31.1 Å². The number of aliphatic hydroxyl groups excluding tert-OH is 1. The van der Waals surface area contributed by atoms with Crippen molar-refractivity contribution < 1.29 is 67.4 Å². The molecule has 612 valence electrons. The number of primary amides is 1. The highest BCUT2D eigenvalue weighted by molar-refractivity contribution is 6.30. The van der Waals surface area contributed by atoms with Crippen molar-refractivity contribution in [2.75, 3.05) is 30.3 Å². The van der Waals surface area contributed by atoms with Gasteiger partial charge in [0, 0.05) is 93.2 Å². The second-order valence-electron chi connectivity index (χ2n) is 29.6. The third kappa shape index (κ3) is 29.4. The van der Waals surface area contributed by atoms with Gasteiger partial charge in [-0.3, -0.25) is 67.3 Å². The van der Waals surface area contributed by atoms with Gasteiger partial charge < -0.3 is 79.5 Å². The first-order valence-electron chi connectivity index (χ1n) is 39.0. The van der Waals surface area contributed by atoms with Crippen LogP contribution in [0.5, 0.6) is 0 Å². The number of anilines is 2. The Kier molecular flexibility index (Phi) is 35.9. The van der Waals surface area contributed by atoms with Gasteiger partial charge in [-0.05, 0) is 152 Å². The molecule has 13 amide bonds. The number of unbranched alkanes of at least 4 members (excludes halogenated alkanes) is 1. The molecule has 15 N–H and O–H groups in total. The smallest absolute Gasteiger partial charge is 0.245 e. The van der Waals surface area contributed by atoms with Crippen LogP contribution in [0.3, 0.4) is 0 Å². The van der Waals surface area contributed by atoms with E-state index in [2.05, 4.69) is 68.8 Å². The van der Waals surface area contributed by atoms with Gasteiger partial charge in [0.2, 0.25) is 76.8 Å². The molecule has 1 aromatic heterocycles. The number of nitrogens with two attached hydrogens (primary N) is 1. The van der Waals surface area contributed by atoms with Gasteiger partial charge in [0.15, 0.2) is 0 Å². The number of halogens is 1. The van der Waals surface area contributed by atoms with E-state index in [9.17, 15) is 57.8 Å². The number of carbonyl (C=O) groups excluding carboxylic acids is 13. The summed E-state index contributed by atoms with van der Waals surface area (Å²) in [5.74, 6) is -9.50. The molecule has 0 unspecified atom stereocenters. The van der Waals surface area contributed by atoms with E-state index in [1.54, 1.807) is 84.9 Å². The number of carbonyl (C=O) groups is 13. The summed E-state index contributed by atoms with van der Waals surface area (Å²) in [4.78, 5) is 189. The molecule has 0 aliphatic carbocycles. The number of likely N-dealkylation sites (tertiary alicyclic amines) is 1. The van der Waals surface area contributed by atoms with Crippen LogP contribution in [0.4, 0.5) is 11.4 Å². The molecule has 5 aromatic carbocycles. The number of hydrogen-bond donors (Lipinski definition) is 14. The zero-order valence-corrected chi connectivity index (χ0v) is 66.8. The Hall–Kier alpha value is -11.2. The van der Waals surface area contributed by atoms with Crippen LogP contribution in [0.25, 0.3) is 10.8 Å². The van der Waals surface area contributed by atoms with Crippen LogP contribution in [-0.4, -0.2) is 178 Å². The van der Waals surface area contributed by atoms with E-state index in [4.69, 9.17) is 17.3 Å². The molecular formula is C84H110ClN15O14. The van der Waals surface area contributed by atoms with E-state index in [1.807, 2.05) is 84.0 Å². The first-order chi connectivity index (χ1) is 54.5. The SMILES string of the molecule is CCCC(=O)Nc1ccc(C[C@H](NC(=O)[C@H](CO)NC(=O)[C@@H](Cc2cccnc2)NC(=O)[C@@H](Cc2ccc(Cl)cc2)NC(=O)[C@@H](Cc2ccc3ccccc3c2)NC(C)=O)C(=O)N[C@H](Cc2ccc(NC(=O)CCC)cc2)C(=O)N[C@@H](CC(C)C)C(=O)N[C@@H](CCCCNC(C)C)C(=O)N2CCC[C@H]2C(=O)N[C@H](C)C(N)=O)cc1. The molecule has 30 heteroatoms. The summed E-state index contributed by atoms with van der Waals surface area (Å²) in [6.07, 6.45) is 5.61. The number of nitrogens with one attached hydrogen (secondary N) is 12. The van der Waals surface area contributed by atoms with Crippen molar-refractivity contribution in [1.82, 2.24) is 63.1 Å². The fourth-order valence-electron chi connectivity index (χ4n) is 13.1. The molecular weight excluding hydrogens is 1480 g/mol. The van der Waals surface area contributed by atoms with E-state index >= 15 is 9.59 Å². The lowest BCUT2D eigenvalue weighted by atomic mass is 9.99. The second kappa shape index (κ2) is 45.5. The van der Waals surface area contributed by atoms with Gasteiger partial charge in [-0.15, -0.1) is 0 Å². The van der Waals surface area contributed by atoms with Crippen LogP contribution in [0.1, 0.15) is 147 Å². The Morgan fingerprint density at radius 1 is 0.509 bits per heavy atom. The minimum atomic E-state index is -1.85. The number of nitrogens with zero attached hydrogens (tertiary/aromatic N) is 2. The Labute approximate surface area is 670 Å². The first-order valence-corrected chi connectivity index (χ1v) is 39.4. The van der Waals surface area contributed by atoms with E-state index < -0.39 is 132 Å². The van der Waals surface area contributed by atoms with Crippen LogP contribution in [0.15, 0.2) is 140 Å². The summed E-state index contributed by atoms with van der Waals surface area (Å²) in [5, 5.41) is 47.0. The maximum absolute atomic E-state index is 15.4. The van der Waals surface area contributed by atoms with Crippen LogP contribution >= 0.6 is 11.6 Å². The van der Waals surface area contributed by atoms with E-state index in [-0.39, 0.29) is 94.5 Å². The number of aromatic nitrogens is 1. The summed E-state index contributed by atoms with van der Waals surface area (Å²) in [6, 6.07) is 22.2. The lowest BCUT2D eigenvalue weighted by Crippen LogP contribution is -2.62. The topological polar surface area (TPSA) is 429 Å². The van der Waals surface area contributed by atoms with Crippen molar-refractivity contribution in [3.05, 3.63) is 173 Å². The molecule has 2 heterocycles. The minimum absolute atomic E-state index is 0.0201. The predicted octanol–water partition coefficient (Wildman–Crippen LogP) is 4.96. The summed E-state index contributed by atoms with van der Waals surface area (Å²) in [7, 11) is 0. The Balaban J connectivity index is 1.20. The average Bonchev–Trinajstić information content (AvgIpc) is 1.57. The number of amides is 13. The molecule has 0 saturated carbocycles. The lowest BCUT2D eigenvalue weighted by Gasteiger charge is -2.31. The van der Waals surface area contributed by atoms with Gasteiger partial charge in [0.25, 0.3) is 0 Å². The Bertz CT molecular complexity index is 4270. The first kappa shape index (κ1) is 90.0. The zero-order chi connectivity index (χ0) is 83.0. The highest BCUT2D eigenvalue weighted by atomic mass is 35.5. The highest BCUT2D eigenvalue weighted by Crippen LogP contribution is 2.23. The average molecular weight is 1590 g/mol. The van der Waals surface area contributed by atoms with Gasteiger partial charge in [-0.25, -0.2) is 0 Å². The molecule has 29 nitrogen and oxygen atoms in total. The summed E-state index contributed by atoms with van der Waals surface area (Å²) < 4.78 is 0. The second-order valence-corrected chi connectivity index (χ2v) is 30.0. The lowest BCUT2D eigenvalue weighted by molar-refractivity contribution is -0.142. The quantitative estimate of drug-likeness (QED) is 0.0225. The molecule has 7 rings (SSSR count). The molecule has 0 radical (unpaired) electrons. The van der Waals surface area contributed by atoms with Crippen molar-refractivity contribution in [3.63, 3.8) is 0 Å². The molecule has 0 spiro atoms. The van der Waals surface area contributed by atoms with Gasteiger partial charge >= 0.3 is 0 Å². The summed E-state index contributed by atoms with van der Waals surface area (Å²) >= 11 is 6.28. The molecule has 1 aliphatic rings. The van der Waals surface area contributed by atoms with Crippen molar-refractivity contribution in [3.8, 4) is 0 Å². The molecule has 1 fully saturated rings. The maximum atomic E-state index is 15.4. The molecule has 1 saturated heterocycles. The van der Waals surface area contributed by atoms with Crippen LogP contribution in [0, 0.1) is 5.92 Å². The number of aliphatic hydroxyl groups is 1. The Morgan fingerprint density at radius 2 is 0.956 bits per heavy atom. The zero-order valence-electron chi connectivity index (χ0n) is 66.0. The molecule has 0 bridgehead atoms. The van der Waals surface area contributed by atoms with Crippen LogP contribution in [-0.2, 0) is 94.4 Å². The third-order valence-electron chi connectivity index (χ3n) is 19.2. The van der Waals surface area contributed by atoms with Crippen LogP contribution in [0.2, 0.25) is 5.02 Å². The number of rotatable bonds is 44.